The van der Waals surface area contributed by atoms with Crippen LogP contribution in [0.15, 0.2) is 97.2 Å². The van der Waals surface area contributed by atoms with Crippen molar-refractivity contribution in [3.63, 3.8) is 0 Å². The highest BCUT2D eigenvalue weighted by atomic mass is 31.2. The number of ether oxygens (including phenoxy) is 2. The van der Waals surface area contributed by atoms with Gasteiger partial charge in [-0.05, 0) is 89.9 Å². The molecule has 0 amide bonds. The second-order valence-electron chi connectivity index (χ2n) is 15.3. The van der Waals surface area contributed by atoms with Gasteiger partial charge >= 0.3 is 11.9 Å². The summed E-state index contributed by atoms with van der Waals surface area (Å²) in [6, 6.07) is 0. The Labute approximate surface area is 353 Å². The van der Waals surface area contributed by atoms with Crippen molar-refractivity contribution >= 4 is 19.8 Å². The van der Waals surface area contributed by atoms with E-state index in [2.05, 4.69) is 111 Å². The quantitative estimate of drug-likeness (QED) is 0.0199. The highest BCUT2D eigenvalue weighted by Gasteiger charge is 2.21. The van der Waals surface area contributed by atoms with Crippen molar-refractivity contribution in [1.29, 1.82) is 0 Å². The van der Waals surface area contributed by atoms with Crippen LogP contribution in [-0.4, -0.2) is 70.0 Å². The first-order valence-electron chi connectivity index (χ1n) is 21.9. The van der Waals surface area contributed by atoms with Crippen LogP contribution in [0.5, 0.6) is 0 Å². The van der Waals surface area contributed by atoms with Crippen LogP contribution in [0.1, 0.15) is 142 Å². The maximum Gasteiger partial charge on any atom is 0.306 e. The van der Waals surface area contributed by atoms with Gasteiger partial charge < -0.3 is 27.9 Å². The summed E-state index contributed by atoms with van der Waals surface area (Å²) in [5.74, 6) is -0.904. The number of allylic oxidation sites excluding steroid dienone is 16. The Hall–Kier alpha value is -3.07. The zero-order chi connectivity index (χ0) is 42.8. The lowest BCUT2D eigenvalue weighted by molar-refractivity contribution is -0.870. The molecule has 0 spiro atoms. The molecule has 330 valence electrons. The fourth-order valence-corrected chi connectivity index (χ4v) is 5.95. The standard InChI is InChI=1S/C48H80NO8P/c1-6-8-10-12-14-16-18-20-22-23-24-25-27-28-30-32-34-36-38-40-47(50)54-44-46(45-56-58(52,53)55-43-42-49(3,4)5)57-48(51)41-39-37-35-33-31-29-26-21-19-17-15-13-11-9-7-2/h8-11,14-17,20-22,24-26,28,30,46H,6-7,12-13,18-19,23,27,29,31-45H2,1-5H3/b10-8-,11-9-,16-14-,17-15-,22-20-,25-24-,26-21-,30-28-/t46-/m1/s1. The smallest absolute Gasteiger partial charge is 0.306 e. The molecule has 0 aromatic heterocycles. The molecular weight excluding hydrogens is 750 g/mol. The van der Waals surface area contributed by atoms with Gasteiger partial charge in [0.05, 0.1) is 27.7 Å². The summed E-state index contributed by atoms with van der Waals surface area (Å²) in [5, 5.41) is 0. The molecule has 0 aliphatic rings. The lowest BCUT2D eigenvalue weighted by atomic mass is 10.1. The number of quaternary nitrogens is 1. The van der Waals surface area contributed by atoms with Crippen LogP contribution in [0.25, 0.3) is 0 Å². The number of hydrogen-bond donors (Lipinski definition) is 0. The first-order valence-corrected chi connectivity index (χ1v) is 23.4. The van der Waals surface area contributed by atoms with Crippen molar-refractivity contribution in [3.05, 3.63) is 97.2 Å². The molecule has 0 radical (unpaired) electrons. The Morgan fingerprint density at radius 2 is 0.931 bits per heavy atom. The minimum atomic E-state index is -4.64. The fourth-order valence-electron chi connectivity index (χ4n) is 5.22. The van der Waals surface area contributed by atoms with E-state index in [1.165, 1.54) is 0 Å². The molecule has 0 heterocycles. The number of carbonyl (C=O) groups is 2. The summed E-state index contributed by atoms with van der Waals surface area (Å²) in [6.45, 7) is 3.91. The van der Waals surface area contributed by atoms with Gasteiger partial charge in [0.2, 0.25) is 0 Å². The van der Waals surface area contributed by atoms with Gasteiger partial charge in [-0.2, -0.15) is 0 Å². The fraction of sp³-hybridized carbons (Fsp3) is 0.625. The third-order valence-electron chi connectivity index (χ3n) is 8.60. The molecule has 0 N–H and O–H groups in total. The summed E-state index contributed by atoms with van der Waals surface area (Å²) in [7, 11) is 1.11. The van der Waals surface area contributed by atoms with Gasteiger partial charge in [0.15, 0.2) is 6.10 Å². The topological polar surface area (TPSA) is 111 Å². The molecular formula is C48H80NO8P. The molecule has 0 aromatic carbocycles. The van der Waals surface area contributed by atoms with Gasteiger partial charge in [0.1, 0.15) is 19.8 Å². The molecule has 0 aliphatic carbocycles. The predicted octanol–water partition coefficient (Wildman–Crippen LogP) is 11.9. The monoisotopic (exact) mass is 830 g/mol. The van der Waals surface area contributed by atoms with E-state index in [0.717, 1.165) is 103 Å². The van der Waals surface area contributed by atoms with Gasteiger partial charge in [-0.3, -0.25) is 14.2 Å². The van der Waals surface area contributed by atoms with Gasteiger partial charge in [-0.25, -0.2) is 0 Å². The van der Waals surface area contributed by atoms with Crippen LogP contribution in [0.3, 0.4) is 0 Å². The van der Waals surface area contributed by atoms with Crippen molar-refractivity contribution in [2.75, 3.05) is 47.5 Å². The van der Waals surface area contributed by atoms with Gasteiger partial charge in [-0.1, -0.05) is 137 Å². The molecule has 0 saturated carbocycles. The van der Waals surface area contributed by atoms with Crippen molar-refractivity contribution in [3.8, 4) is 0 Å². The number of rotatable bonds is 38. The normalized spacial score (nSPS) is 14.5. The summed E-state index contributed by atoms with van der Waals surface area (Å²) >= 11 is 0. The zero-order valence-corrected chi connectivity index (χ0v) is 37.8. The van der Waals surface area contributed by atoms with Crippen molar-refractivity contribution in [2.45, 2.75) is 148 Å². The van der Waals surface area contributed by atoms with Gasteiger partial charge in [-0.15, -0.1) is 0 Å². The first-order chi connectivity index (χ1) is 28.0. The SMILES string of the molecule is CC/C=C\C/C=C\C/C=C\C/C=C\C/C=C\CCCCCC(=O)OC[C@H](COP(=O)([O-])OCC[N+](C)(C)C)OC(=O)CCCCCCC/C=C\C/C=C\C/C=C\CC. The van der Waals surface area contributed by atoms with Crippen LogP contribution in [0.2, 0.25) is 0 Å². The molecule has 1 unspecified atom stereocenters. The minimum Gasteiger partial charge on any atom is -0.756 e. The molecule has 0 fully saturated rings. The van der Waals surface area contributed by atoms with E-state index >= 15 is 0 Å². The Balaban J connectivity index is 4.47. The van der Waals surface area contributed by atoms with Crippen LogP contribution in [0.4, 0.5) is 0 Å². The largest absolute Gasteiger partial charge is 0.756 e. The molecule has 0 aliphatic heterocycles. The first kappa shape index (κ1) is 54.9. The van der Waals surface area contributed by atoms with Crippen molar-refractivity contribution < 1.29 is 42.1 Å². The third-order valence-corrected chi connectivity index (χ3v) is 9.56. The van der Waals surface area contributed by atoms with Gasteiger partial charge in [0, 0.05) is 12.8 Å². The second kappa shape index (κ2) is 39.4. The van der Waals surface area contributed by atoms with E-state index in [4.69, 9.17) is 18.5 Å². The Morgan fingerprint density at radius 3 is 1.40 bits per heavy atom. The highest BCUT2D eigenvalue weighted by molar-refractivity contribution is 7.45. The predicted molar refractivity (Wildman–Crippen MR) is 240 cm³/mol. The van der Waals surface area contributed by atoms with Crippen molar-refractivity contribution in [1.82, 2.24) is 0 Å². The van der Waals surface area contributed by atoms with E-state index in [1.807, 2.05) is 21.1 Å². The number of hydrogen-bond acceptors (Lipinski definition) is 8. The van der Waals surface area contributed by atoms with Crippen LogP contribution < -0.4 is 4.89 Å². The van der Waals surface area contributed by atoms with Crippen LogP contribution in [0, 0.1) is 0 Å². The molecule has 0 saturated heterocycles. The third kappa shape index (κ3) is 42.5. The molecule has 0 rings (SSSR count). The maximum absolute atomic E-state index is 12.7. The number of carbonyl (C=O) groups excluding carboxylic acids is 2. The lowest BCUT2D eigenvalue weighted by Gasteiger charge is -2.28. The van der Waals surface area contributed by atoms with Crippen LogP contribution >= 0.6 is 7.82 Å². The summed E-state index contributed by atoms with van der Waals surface area (Å²) in [5.41, 5.74) is 0. The van der Waals surface area contributed by atoms with E-state index < -0.39 is 32.5 Å². The van der Waals surface area contributed by atoms with Gasteiger partial charge in [0.25, 0.3) is 7.82 Å². The highest BCUT2D eigenvalue weighted by Crippen LogP contribution is 2.38. The number of unbranched alkanes of at least 4 members (excludes halogenated alkanes) is 8. The van der Waals surface area contributed by atoms with E-state index in [-0.39, 0.29) is 26.1 Å². The van der Waals surface area contributed by atoms with Crippen LogP contribution in [-0.2, 0) is 32.7 Å². The molecule has 2 atom stereocenters. The second-order valence-corrected chi connectivity index (χ2v) is 16.7. The molecule has 58 heavy (non-hydrogen) atoms. The average Bonchev–Trinajstić information content (AvgIpc) is 3.17. The Bertz CT molecular complexity index is 1300. The number of phosphoric acid groups is 1. The molecule has 9 nitrogen and oxygen atoms in total. The number of likely N-dealkylation sites (N-methyl/N-ethyl adjacent to an activating group) is 1. The van der Waals surface area contributed by atoms with Crippen molar-refractivity contribution in [2.24, 2.45) is 0 Å². The number of phosphoric ester groups is 1. The number of esters is 2. The van der Waals surface area contributed by atoms with E-state index in [9.17, 15) is 19.0 Å². The molecule has 10 heteroatoms. The molecule has 0 bridgehead atoms. The van der Waals surface area contributed by atoms with E-state index in [1.54, 1.807) is 0 Å². The molecule has 0 aromatic rings. The Morgan fingerprint density at radius 1 is 0.534 bits per heavy atom. The van der Waals surface area contributed by atoms with E-state index in [0.29, 0.717) is 23.9 Å². The summed E-state index contributed by atoms with van der Waals surface area (Å²) in [6.07, 6.45) is 51.5. The summed E-state index contributed by atoms with van der Waals surface area (Å²) in [4.78, 5) is 37.5. The Kier molecular flexibility index (Phi) is 37.3. The zero-order valence-electron chi connectivity index (χ0n) is 36.9. The summed E-state index contributed by atoms with van der Waals surface area (Å²) < 4.78 is 33.8. The number of nitrogens with zero attached hydrogens (tertiary/aromatic N) is 1. The minimum absolute atomic E-state index is 0.0460. The lowest BCUT2D eigenvalue weighted by Crippen LogP contribution is -2.37. The maximum atomic E-state index is 12.7. The average molecular weight is 830 g/mol.